The Morgan fingerprint density at radius 3 is 2.78 bits per heavy atom. The number of ether oxygens (including phenoxy) is 2. The second-order valence-electron chi connectivity index (χ2n) is 4.49. The van der Waals surface area contributed by atoms with Crippen LogP contribution in [0, 0.1) is 0 Å². The Hall–Kier alpha value is -2.00. The molecule has 23 heavy (non-hydrogen) atoms. The van der Waals surface area contributed by atoms with Crippen molar-refractivity contribution in [2.45, 2.75) is 10.8 Å². The number of amides is 1. The minimum Gasteiger partial charge on any atom is -0.493 e. The summed E-state index contributed by atoms with van der Waals surface area (Å²) in [6, 6.07) is 5.84. The lowest BCUT2D eigenvalue weighted by Gasteiger charge is -2.09. The second kappa shape index (κ2) is 8.59. The van der Waals surface area contributed by atoms with Gasteiger partial charge in [-0.25, -0.2) is 0 Å². The van der Waals surface area contributed by atoms with Crippen molar-refractivity contribution >= 4 is 34.1 Å². The predicted octanol–water partition coefficient (Wildman–Crippen LogP) is 1.79. The van der Waals surface area contributed by atoms with Gasteiger partial charge in [0.25, 0.3) is 0 Å². The van der Waals surface area contributed by atoms with Crippen LogP contribution in [0.1, 0.15) is 5.56 Å². The molecule has 1 aromatic carbocycles. The summed E-state index contributed by atoms with van der Waals surface area (Å²) in [5, 5.41) is 11.9. The first-order valence-corrected chi connectivity index (χ1v) is 8.62. The summed E-state index contributed by atoms with van der Waals surface area (Å²) in [4.78, 5) is 10.7. The first-order valence-electron chi connectivity index (χ1n) is 6.81. The molecule has 0 bridgehead atoms. The number of carbonyl (C=O) groups is 1. The molecule has 0 fully saturated rings. The molecule has 3 N–H and O–H groups in total. The molecule has 0 radical (unpaired) electrons. The highest BCUT2D eigenvalue weighted by molar-refractivity contribution is 8.01. The Morgan fingerprint density at radius 1 is 1.30 bits per heavy atom. The van der Waals surface area contributed by atoms with Crippen LogP contribution in [-0.4, -0.2) is 42.6 Å². The van der Waals surface area contributed by atoms with Gasteiger partial charge in [-0.1, -0.05) is 29.2 Å². The number of anilines is 1. The van der Waals surface area contributed by atoms with Gasteiger partial charge in [-0.2, -0.15) is 0 Å². The fraction of sp³-hybridized carbons (Fsp3) is 0.357. The van der Waals surface area contributed by atoms with E-state index in [4.69, 9.17) is 15.2 Å². The number of hydrogen-bond acceptors (Lipinski definition) is 8. The fourth-order valence-electron chi connectivity index (χ4n) is 1.82. The number of rotatable bonds is 9. The molecule has 0 spiro atoms. The van der Waals surface area contributed by atoms with Crippen LogP contribution >= 0.6 is 23.1 Å². The van der Waals surface area contributed by atoms with E-state index in [1.807, 2.05) is 18.2 Å². The van der Waals surface area contributed by atoms with Gasteiger partial charge < -0.3 is 20.5 Å². The molecule has 0 saturated carbocycles. The topological polar surface area (TPSA) is 99.4 Å². The molecular weight excluding hydrogens is 336 g/mol. The zero-order valence-corrected chi connectivity index (χ0v) is 14.5. The van der Waals surface area contributed by atoms with E-state index in [2.05, 4.69) is 15.5 Å². The molecule has 0 aliphatic rings. The molecule has 1 aromatic heterocycles. The van der Waals surface area contributed by atoms with Gasteiger partial charge in [-0.05, 0) is 24.1 Å². The summed E-state index contributed by atoms with van der Waals surface area (Å²) in [5.41, 5.74) is 6.23. The second-order valence-corrected chi connectivity index (χ2v) is 6.69. The molecule has 2 aromatic rings. The molecule has 0 saturated heterocycles. The average molecular weight is 354 g/mol. The summed E-state index contributed by atoms with van der Waals surface area (Å²) < 4.78 is 11.2. The number of primary amides is 1. The number of methoxy groups -OCH3 is 2. The van der Waals surface area contributed by atoms with E-state index < -0.39 is 0 Å². The maximum Gasteiger partial charge on any atom is 0.227 e. The zero-order chi connectivity index (χ0) is 16.7. The van der Waals surface area contributed by atoms with Crippen molar-refractivity contribution in [3.63, 3.8) is 0 Å². The molecule has 0 unspecified atom stereocenters. The van der Waals surface area contributed by atoms with Gasteiger partial charge in [0.1, 0.15) is 0 Å². The van der Waals surface area contributed by atoms with Gasteiger partial charge in [0, 0.05) is 6.54 Å². The van der Waals surface area contributed by atoms with Crippen LogP contribution in [0.2, 0.25) is 0 Å². The standard InChI is InChI=1S/C14H18N4O3S2/c1-20-10-4-3-9(7-11(10)21-2)5-6-16-13-17-18-14(23-13)22-8-12(15)19/h3-4,7H,5-6,8H2,1-2H3,(H2,15,19)(H,16,17). The Morgan fingerprint density at radius 2 is 2.09 bits per heavy atom. The predicted molar refractivity (Wildman–Crippen MR) is 91.6 cm³/mol. The summed E-state index contributed by atoms with van der Waals surface area (Å²) in [6.07, 6.45) is 0.809. The van der Waals surface area contributed by atoms with Crippen molar-refractivity contribution in [1.29, 1.82) is 0 Å². The van der Waals surface area contributed by atoms with Crippen molar-refractivity contribution in [2.24, 2.45) is 5.73 Å². The number of aromatic nitrogens is 2. The lowest BCUT2D eigenvalue weighted by molar-refractivity contribution is -0.115. The molecule has 7 nitrogen and oxygen atoms in total. The number of benzene rings is 1. The molecular formula is C14H18N4O3S2. The normalized spacial score (nSPS) is 10.3. The summed E-state index contributed by atoms with van der Waals surface area (Å²) in [5.74, 6) is 1.27. The zero-order valence-electron chi connectivity index (χ0n) is 12.9. The summed E-state index contributed by atoms with van der Waals surface area (Å²) in [6.45, 7) is 0.713. The lowest BCUT2D eigenvalue weighted by atomic mass is 10.1. The molecule has 2 rings (SSSR count). The maximum atomic E-state index is 10.7. The van der Waals surface area contributed by atoms with Crippen molar-refractivity contribution in [3.05, 3.63) is 23.8 Å². The average Bonchev–Trinajstić information content (AvgIpc) is 3.00. The Kier molecular flexibility index (Phi) is 6.48. The van der Waals surface area contributed by atoms with E-state index in [9.17, 15) is 4.79 Å². The van der Waals surface area contributed by atoms with Crippen molar-refractivity contribution in [1.82, 2.24) is 10.2 Å². The van der Waals surface area contributed by atoms with Gasteiger partial charge in [0.2, 0.25) is 11.0 Å². The number of nitrogens with zero attached hydrogens (tertiary/aromatic N) is 2. The molecule has 0 aliphatic carbocycles. The largest absolute Gasteiger partial charge is 0.493 e. The Balaban J connectivity index is 1.84. The van der Waals surface area contributed by atoms with E-state index in [1.54, 1.807) is 14.2 Å². The minimum absolute atomic E-state index is 0.209. The SMILES string of the molecule is COc1ccc(CCNc2nnc(SCC(N)=O)s2)cc1OC. The van der Waals surface area contributed by atoms with Gasteiger partial charge in [-0.3, -0.25) is 4.79 Å². The van der Waals surface area contributed by atoms with Gasteiger partial charge in [-0.15, -0.1) is 10.2 Å². The number of nitrogens with one attached hydrogen (secondary N) is 1. The van der Waals surface area contributed by atoms with Gasteiger partial charge in [0.15, 0.2) is 15.8 Å². The van der Waals surface area contributed by atoms with Crippen LogP contribution in [0.15, 0.2) is 22.5 Å². The highest BCUT2D eigenvalue weighted by Gasteiger charge is 2.07. The highest BCUT2D eigenvalue weighted by Crippen LogP contribution is 2.28. The van der Waals surface area contributed by atoms with E-state index in [0.29, 0.717) is 18.0 Å². The van der Waals surface area contributed by atoms with Crippen LogP contribution in [0.4, 0.5) is 5.13 Å². The van der Waals surface area contributed by atoms with E-state index in [-0.39, 0.29) is 11.7 Å². The number of carbonyl (C=O) groups excluding carboxylic acids is 1. The van der Waals surface area contributed by atoms with Crippen LogP contribution in [0.3, 0.4) is 0 Å². The lowest BCUT2D eigenvalue weighted by Crippen LogP contribution is -2.12. The number of hydrogen-bond donors (Lipinski definition) is 2. The summed E-state index contributed by atoms with van der Waals surface area (Å²) >= 11 is 2.69. The quantitative estimate of drug-likeness (QED) is 0.662. The van der Waals surface area contributed by atoms with E-state index in [1.165, 1.54) is 23.1 Å². The number of thioether (sulfide) groups is 1. The third kappa shape index (κ3) is 5.29. The molecule has 9 heteroatoms. The monoisotopic (exact) mass is 354 g/mol. The third-order valence-corrected chi connectivity index (χ3v) is 4.92. The smallest absolute Gasteiger partial charge is 0.227 e. The fourth-order valence-corrected chi connectivity index (χ4v) is 3.34. The van der Waals surface area contributed by atoms with Crippen molar-refractivity contribution < 1.29 is 14.3 Å². The number of nitrogens with two attached hydrogens (primary N) is 1. The minimum atomic E-state index is -0.367. The molecule has 0 atom stereocenters. The summed E-state index contributed by atoms with van der Waals surface area (Å²) in [7, 11) is 3.23. The highest BCUT2D eigenvalue weighted by atomic mass is 32.2. The van der Waals surface area contributed by atoms with Crippen LogP contribution in [-0.2, 0) is 11.2 Å². The molecule has 1 amide bonds. The van der Waals surface area contributed by atoms with Crippen molar-refractivity contribution in [3.8, 4) is 11.5 Å². The van der Waals surface area contributed by atoms with Crippen LogP contribution in [0.25, 0.3) is 0 Å². The molecule has 124 valence electrons. The first kappa shape index (κ1) is 17.4. The first-order chi connectivity index (χ1) is 11.1. The van der Waals surface area contributed by atoms with E-state index in [0.717, 1.165) is 21.5 Å². The van der Waals surface area contributed by atoms with Gasteiger partial charge in [0.05, 0.1) is 20.0 Å². The van der Waals surface area contributed by atoms with Crippen molar-refractivity contribution in [2.75, 3.05) is 31.8 Å². The Labute approximate surface area is 142 Å². The maximum absolute atomic E-state index is 10.7. The van der Waals surface area contributed by atoms with E-state index >= 15 is 0 Å². The molecule has 0 aliphatic heterocycles. The Bertz CT molecular complexity index is 663. The van der Waals surface area contributed by atoms with Gasteiger partial charge >= 0.3 is 0 Å². The van der Waals surface area contributed by atoms with Crippen LogP contribution < -0.4 is 20.5 Å². The molecule has 1 heterocycles. The van der Waals surface area contributed by atoms with Crippen LogP contribution in [0.5, 0.6) is 11.5 Å². The third-order valence-electron chi connectivity index (χ3n) is 2.88.